The van der Waals surface area contributed by atoms with Gasteiger partial charge in [-0.2, -0.15) is 11.8 Å². The lowest BCUT2D eigenvalue weighted by Gasteiger charge is -2.30. The average molecular weight is 1550 g/mol. The Morgan fingerprint density at radius 2 is 0.796 bits per heavy atom. The summed E-state index contributed by atoms with van der Waals surface area (Å²) in [4.78, 5) is 186. The molecule has 0 saturated carbocycles. The fourth-order valence-electron chi connectivity index (χ4n) is 11.5. The number of nitrogens with one attached hydrogen (secondary N) is 12. The Labute approximate surface area is 642 Å². The summed E-state index contributed by atoms with van der Waals surface area (Å²) in [6.45, 7) is 22.4. The summed E-state index contributed by atoms with van der Waals surface area (Å²) in [5.41, 5.74) is 29.3. The maximum absolute atomic E-state index is 14.7. The molecule has 0 saturated heterocycles. The number of aliphatic hydroxyl groups excluding tert-OH is 1. The van der Waals surface area contributed by atoms with E-state index in [0.717, 1.165) is 0 Å². The Balaban J connectivity index is 3.54. The molecule has 1 aromatic carbocycles. The van der Waals surface area contributed by atoms with Crippen LogP contribution in [0.25, 0.3) is 0 Å². The molecule has 0 radical (unpaired) electrons. The fourth-order valence-corrected chi connectivity index (χ4v) is 12.0. The third kappa shape index (κ3) is 37.7. The zero-order valence-corrected chi connectivity index (χ0v) is 67.0. The zero-order chi connectivity index (χ0) is 81.9. The minimum Gasteiger partial charge on any atom is -0.480 e. The van der Waals surface area contributed by atoms with Gasteiger partial charge in [-0.3, -0.25) is 62.5 Å². The number of carbonyl (C=O) groups excluding carboxylic acids is 12. The predicted molar refractivity (Wildman–Crippen MR) is 417 cm³/mol. The number of carbonyl (C=O) groups is 13. The van der Waals surface area contributed by atoms with E-state index in [0.29, 0.717) is 69.2 Å². The first-order chi connectivity index (χ1) is 50.9. The molecule has 1 rings (SSSR count). The van der Waals surface area contributed by atoms with E-state index in [9.17, 15) is 72.5 Å². The van der Waals surface area contributed by atoms with Crippen LogP contribution in [0.1, 0.15) is 192 Å². The van der Waals surface area contributed by atoms with Crippen LogP contribution >= 0.6 is 11.8 Å². The molecule has 0 spiro atoms. The van der Waals surface area contributed by atoms with Gasteiger partial charge in [-0.15, -0.1) is 0 Å². The van der Waals surface area contributed by atoms with Gasteiger partial charge < -0.3 is 103 Å². The van der Waals surface area contributed by atoms with Crippen molar-refractivity contribution in [2.45, 2.75) is 271 Å². The SMILES string of the molecule is CC[C@H](C)[C@H](NC(=O)[C@H](CCCCN)NC(=O)[C@H](CC(C)C)NC(=O)[C@H](Cc1ccccc1)NC(=O)[C@@H](NC(=O)[C@H](CC(C)C)NC(=O)CNC(=O)[C@@H](NC(=O)[C@@H](NC(=O)[C@H](CC(C)C)NC(=O)[C@H](CCCCN)NC(=O)[C@H](CCCN=C(N)N)NC(=O)[C@@H](N)CCSC)[C@@H](C)CC)[C@@H](C)O)[C@@H](C)CC)C(=O)O. The van der Waals surface area contributed by atoms with E-state index in [-0.39, 0.29) is 88.2 Å². The van der Waals surface area contributed by atoms with Gasteiger partial charge in [-0.25, -0.2) is 4.79 Å². The maximum Gasteiger partial charge on any atom is 0.326 e. The molecule has 33 nitrogen and oxygen atoms in total. The number of guanidine groups is 1. The Hall–Kier alpha value is -8.21. The average Bonchev–Trinajstić information content (AvgIpc) is 0.848. The summed E-state index contributed by atoms with van der Waals surface area (Å²) < 4.78 is 0. The highest BCUT2D eigenvalue weighted by atomic mass is 32.2. The highest BCUT2D eigenvalue weighted by molar-refractivity contribution is 7.98. The van der Waals surface area contributed by atoms with Crippen molar-refractivity contribution in [1.29, 1.82) is 0 Å². The molecular weight excluding hydrogens is 1410 g/mol. The van der Waals surface area contributed by atoms with Gasteiger partial charge in [0, 0.05) is 13.0 Å². The van der Waals surface area contributed by atoms with Gasteiger partial charge in [0.05, 0.1) is 18.7 Å². The number of aliphatic imine (C=N–C) groups is 1. The zero-order valence-electron chi connectivity index (χ0n) is 66.1. The fraction of sp³-hybridized carbons (Fsp3) is 0.730. The maximum atomic E-state index is 14.7. The number of nitrogens with zero attached hydrogens (tertiary/aromatic N) is 1. The summed E-state index contributed by atoms with van der Waals surface area (Å²) in [6, 6.07) is -6.59. The van der Waals surface area contributed by atoms with Crippen molar-refractivity contribution in [3.05, 3.63) is 35.9 Å². The third-order valence-electron chi connectivity index (χ3n) is 18.5. The van der Waals surface area contributed by atoms with Crippen molar-refractivity contribution in [1.82, 2.24) is 63.8 Å². The second kappa shape index (κ2) is 52.8. The summed E-state index contributed by atoms with van der Waals surface area (Å²) in [5.74, 6) is -12.5. The van der Waals surface area contributed by atoms with Crippen LogP contribution in [0.2, 0.25) is 0 Å². The molecule has 0 aliphatic rings. The molecule has 0 aromatic heterocycles. The molecule has 24 N–H and O–H groups in total. The number of benzene rings is 1. The molecule has 0 heterocycles. The second-order valence-corrected chi connectivity index (χ2v) is 30.4. The van der Waals surface area contributed by atoms with Crippen LogP contribution in [0, 0.1) is 35.5 Å². The Morgan fingerprint density at radius 1 is 0.435 bits per heavy atom. The molecule has 0 bridgehead atoms. The molecule has 0 aliphatic carbocycles. The molecule has 614 valence electrons. The monoisotopic (exact) mass is 1540 g/mol. The van der Waals surface area contributed by atoms with Crippen molar-refractivity contribution >= 4 is 94.6 Å². The third-order valence-corrected chi connectivity index (χ3v) is 19.2. The van der Waals surface area contributed by atoms with Gasteiger partial charge in [0.15, 0.2) is 5.96 Å². The minimum atomic E-state index is -1.71. The van der Waals surface area contributed by atoms with Crippen molar-refractivity contribution < 1.29 is 72.5 Å². The van der Waals surface area contributed by atoms with E-state index in [1.807, 2.05) is 20.1 Å². The van der Waals surface area contributed by atoms with Crippen molar-refractivity contribution in [3.63, 3.8) is 0 Å². The molecule has 12 amide bonds. The van der Waals surface area contributed by atoms with Gasteiger partial charge in [0.1, 0.15) is 66.5 Å². The van der Waals surface area contributed by atoms with Gasteiger partial charge >= 0.3 is 5.97 Å². The van der Waals surface area contributed by atoms with E-state index in [1.54, 1.807) is 99.6 Å². The van der Waals surface area contributed by atoms with Crippen LogP contribution in [-0.2, 0) is 68.7 Å². The molecule has 0 fully saturated rings. The summed E-state index contributed by atoms with van der Waals surface area (Å²) in [6.07, 6.45) is 4.14. The van der Waals surface area contributed by atoms with E-state index >= 15 is 0 Å². The van der Waals surface area contributed by atoms with Crippen molar-refractivity contribution in [3.8, 4) is 0 Å². The number of carboxylic acids is 1. The molecule has 1 aromatic rings. The number of carboxylic acid groups (broad SMARTS) is 1. The number of hydrogen-bond acceptors (Lipinski definition) is 19. The topological polar surface area (TPSA) is 549 Å². The van der Waals surface area contributed by atoms with Crippen LogP contribution in [0.3, 0.4) is 0 Å². The predicted octanol–water partition coefficient (Wildman–Crippen LogP) is -0.188. The van der Waals surface area contributed by atoms with Gasteiger partial charge in [0.2, 0.25) is 70.9 Å². The first-order valence-electron chi connectivity index (χ1n) is 38.2. The van der Waals surface area contributed by atoms with Gasteiger partial charge in [-0.1, -0.05) is 133 Å². The summed E-state index contributed by atoms with van der Waals surface area (Å²) in [7, 11) is 0. The minimum absolute atomic E-state index is 0.0364. The second-order valence-electron chi connectivity index (χ2n) is 29.4. The van der Waals surface area contributed by atoms with Crippen molar-refractivity contribution in [2.24, 2.45) is 69.2 Å². The van der Waals surface area contributed by atoms with Crippen LogP contribution in [0.5, 0.6) is 0 Å². The Bertz CT molecular complexity index is 3020. The van der Waals surface area contributed by atoms with Crippen LogP contribution in [0.15, 0.2) is 35.3 Å². The summed E-state index contributed by atoms with van der Waals surface area (Å²) >= 11 is 1.50. The van der Waals surface area contributed by atoms with E-state index in [2.05, 4.69) is 68.8 Å². The molecule has 0 unspecified atom stereocenters. The van der Waals surface area contributed by atoms with Crippen LogP contribution in [-0.4, -0.2) is 210 Å². The lowest BCUT2D eigenvalue weighted by molar-refractivity contribution is -0.144. The van der Waals surface area contributed by atoms with Crippen LogP contribution in [0.4, 0.5) is 0 Å². The molecule has 34 heteroatoms. The van der Waals surface area contributed by atoms with Gasteiger partial charge in [0.25, 0.3) is 0 Å². The van der Waals surface area contributed by atoms with Gasteiger partial charge in [-0.05, 0) is 150 Å². The lowest BCUT2D eigenvalue weighted by Crippen LogP contribution is -2.62. The number of hydrogen-bond donors (Lipinski definition) is 19. The number of aliphatic carboxylic acids is 1. The smallest absolute Gasteiger partial charge is 0.326 e. The Kier molecular flexibility index (Phi) is 47.8. The van der Waals surface area contributed by atoms with E-state index in [4.69, 9.17) is 28.7 Å². The molecule has 0 aliphatic heterocycles. The van der Waals surface area contributed by atoms with Crippen molar-refractivity contribution in [2.75, 3.05) is 38.2 Å². The van der Waals surface area contributed by atoms with E-state index < -0.39 is 180 Å². The van der Waals surface area contributed by atoms with E-state index in [1.165, 1.54) is 18.7 Å². The van der Waals surface area contributed by atoms with Crippen LogP contribution < -0.4 is 92.5 Å². The number of aliphatic hydroxyl groups is 1. The number of amides is 12. The molecular formula is C74H132N18O15S. The first-order valence-corrected chi connectivity index (χ1v) is 39.5. The highest BCUT2D eigenvalue weighted by Gasteiger charge is 2.39. The molecule has 16 atom stereocenters. The quantitative estimate of drug-likeness (QED) is 0.0228. The molecule has 108 heavy (non-hydrogen) atoms. The standard InChI is InChI=1S/C74H132N18O15S/c1-15-44(10)58(71(104)88-56(39-48-26-19-18-20-27-48)67(100)87-54(37-42(6)7)66(99)85-51(29-22-24-33-76)65(98)91-60(73(106)107)46(12)17-3)89-68(101)53(36-41(4)5)82-57(94)40-81-70(103)61(47(13)93)92-72(105)59(45(11)16-2)90-69(102)55(38-43(8)9)86-64(97)50(28-21-23-32-75)84-63(96)52(30-25-34-80-74(78)79)83-62(95)49(77)31-35-108-14/h18-20,26-27,41-47,49-56,58-61,93H,15-17,21-25,28-40,75-77H2,1-14H3,(H,81,103)(H,82,94)(H,83,95)(H,84,96)(H,85,99)(H,86,97)(H,87,100)(H,88,104)(H,89,101)(H,90,102)(H,91,98)(H,92,105)(H,106,107)(H4,78,79,80)/t44-,45-,46-,47+,49-,50-,51-,52-,53-,54-,55-,56-,58-,59-,60-,61-/m0/s1. The Morgan fingerprint density at radius 3 is 1.21 bits per heavy atom. The first kappa shape index (κ1) is 97.8. The highest BCUT2D eigenvalue weighted by Crippen LogP contribution is 2.18. The lowest BCUT2D eigenvalue weighted by atomic mass is 9.95. The summed E-state index contributed by atoms with van der Waals surface area (Å²) in [5, 5.41) is 53.1. The normalized spacial score (nSPS) is 15.8. The number of thioether (sulfide) groups is 1. The number of unbranched alkanes of at least 4 members (excludes halogenated alkanes) is 2. The number of nitrogens with two attached hydrogens (primary N) is 5. The largest absolute Gasteiger partial charge is 0.480 e. The number of rotatable bonds is 55.